The Morgan fingerprint density at radius 2 is 1.25 bits per heavy atom. The second-order valence-electron chi connectivity index (χ2n) is 1.15. The van der Waals surface area contributed by atoms with Gasteiger partial charge in [0.15, 0.2) is 10.2 Å². The maximum absolute atomic E-state index is 10.1. The first-order valence-corrected chi connectivity index (χ1v) is 4.13. The quantitative estimate of drug-likeness (QED) is 0.490. The summed E-state index contributed by atoms with van der Waals surface area (Å²) in [6.45, 7) is 2.86. The highest BCUT2D eigenvalue weighted by Crippen LogP contribution is 2.21. The zero-order valence-electron chi connectivity index (χ0n) is 4.63. The highest BCUT2D eigenvalue weighted by atomic mass is 33.1. The van der Waals surface area contributed by atoms with Crippen molar-refractivity contribution in [1.82, 2.24) is 0 Å². The number of hydrogen-bond acceptors (Lipinski definition) is 4. The van der Waals surface area contributed by atoms with E-state index in [1.54, 1.807) is 0 Å². The zero-order valence-corrected chi connectivity index (χ0v) is 6.27. The second-order valence-corrected chi connectivity index (χ2v) is 3.63. The first kappa shape index (κ1) is 8.04. The lowest BCUT2D eigenvalue weighted by molar-refractivity contribution is -0.110. The summed E-state index contributed by atoms with van der Waals surface area (Å²) < 4.78 is 0. The van der Waals surface area contributed by atoms with Crippen LogP contribution in [0.5, 0.6) is 0 Å². The Labute approximate surface area is 55.8 Å². The predicted octanol–water partition coefficient (Wildman–Crippen LogP) is 1.46. The van der Waals surface area contributed by atoms with Crippen LogP contribution < -0.4 is 0 Å². The van der Waals surface area contributed by atoms with Crippen LogP contribution in [0.2, 0.25) is 0 Å². The molecule has 0 N–H and O–H groups in total. The minimum Gasteiger partial charge on any atom is -0.287 e. The Hall–Kier alpha value is 0.0400. The number of rotatable bonds is 0. The SMILES string of the molecule is CC(=O)SSC(C)=O. The van der Waals surface area contributed by atoms with E-state index in [0.717, 1.165) is 21.6 Å². The van der Waals surface area contributed by atoms with Crippen LogP contribution in [0.25, 0.3) is 0 Å². The van der Waals surface area contributed by atoms with Crippen molar-refractivity contribution in [3.05, 3.63) is 0 Å². The first-order valence-electron chi connectivity index (χ1n) is 1.98. The van der Waals surface area contributed by atoms with Crippen molar-refractivity contribution in [2.75, 3.05) is 0 Å². The van der Waals surface area contributed by atoms with Crippen molar-refractivity contribution in [2.45, 2.75) is 13.8 Å². The summed E-state index contributed by atoms with van der Waals surface area (Å²) in [4.78, 5) is 20.3. The van der Waals surface area contributed by atoms with Gasteiger partial charge < -0.3 is 0 Å². The van der Waals surface area contributed by atoms with Crippen LogP contribution in [0.4, 0.5) is 0 Å². The lowest BCUT2D eigenvalue weighted by atomic mass is 10.9. The van der Waals surface area contributed by atoms with E-state index in [9.17, 15) is 9.59 Å². The molecule has 0 aromatic carbocycles. The zero-order chi connectivity index (χ0) is 6.57. The Kier molecular flexibility index (Phi) is 3.99. The largest absolute Gasteiger partial charge is 0.287 e. The van der Waals surface area contributed by atoms with Gasteiger partial charge in [-0.25, -0.2) is 0 Å². The molecule has 0 amide bonds. The monoisotopic (exact) mass is 150 g/mol. The average Bonchev–Trinajstić information content (AvgIpc) is 1.61. The Balaban J connectivity index is 3.18. The topological polar surface area (TPSA) is 34.1 Å². The fraction of sp³-hybridized carbons (Fsp3) is 0.500. The van der Waals surface area contributed by atoms with Crippen molar-refractivity contribution in [2.24, 2.45) is 0 Å². The fourth-order valence-electron chi connectivity index (χ4n) is 0.117. The molecule has 0 heterocycles. The van der Waals surface area contributed by atoms with Crippen LogP contribution in [0, 0.1) is 0 Å². The van der Waals surface area contributed by atoms with E-state index in [2.05, 4.69) is 0 Å². The van der Waals surface area contributed by atoms with E-state index in [4.69, 9.17) is 0 Å². The summed E-state index contributed by atoms with van der Waals surface area (Å²) in [6.07, 6.45) is 0. The molecule has 2 nitrogen and oxygen atoms in total. The molecule has 0 bridgehead atoms. The molecular formula is C4H6O2S2. The maximum atomic E-state index is 10.1. The lowest BCUT2D eigenvalue weighted by Gasteiger charge is -1.85. The highest BCUT2D eigenvalue weighted by molar-refractivity contribution is 8.87. The molecule has 0 aliphatic heterocycles. The van der Waals surface area contributed by atoms with E-state index >= 15 is 0 Å². The van der Waals surface area contributed by atoms with E-state index < -0.39 is 0 Å². The molecule has 0 saturated heterocycles. The molecule has 0 aliphatic rings. The fourth-order valence-corrected chi connectivity index (χ4v) is 1.06. The minimum absolute atomic E-state index is 0.0369. The smallest absolute Gasteiger partial charge is 0.196 e. The molecule has 0 spiro atoms. The third-order valence-corrected chi connectivity index (χ3v) is 2.49. The molecule has 0 unspecified atom stereocenters. The Morgan fingerprint density at radius 3 is 1.38 bits per heavy atom. The van der Waals surface area contributed by atoms with Crippen LogP contribution in [-0.2, 0) is 9.59 Å². The lowest BCUT2D eigenvalue weighted by Crippen LogP contribution is -1.79. The van der Waals surface area contributed by atoms with E-state index in [0.29, 0.717) is 0 Å². The van der Waals surface area contributed by atoms with Gasteiger partial charge in [0, 0.05) is 13.8 Å². The summed E-state index contributed by atoms with van der Waals surface area (Å²) in [5.41, 5.74) is 0. The molecule has 0 fully saturated rings. The first-order chi connectivity index (χ1) is 3.63. The minimum atomic E-state index is -0.0369. The van der Waals surface area contributed by atoms with Gasteiger partial charge in [-0.3, -0.25) is 9.59 Å². The van der Waals surface area contributed by atoms with Gasteiger partial charge in [0.1, 0.15) is 0 Å². The van der Waals surface area contributed by atoms with Crippen molar-refractivity contribution in [3.8, 4) is 0 Å². The standard InChI is InChI=1S/C4H6O2S2/c1-3(5)7-8-4(2)6/h1-2H3. The summed E-state index contributed by atoms with van der Waals surface area (Å²) in [5.74, 6) is 0. The van der Waals surface area contributed by atoms with Crippen LogP contribution in [-0.4, -0.2) is 10.2 Å². The molecule has 0 saturated carbocycles. The molecule has 0 rings (SSSR count). The van der Waals surface area contributed by atoms with Gasteiger partial charge in [0.2, 0.25) is 0 Å². The van der Waals surface area contributed by atoms with Crippen LogP contribution >= 0.6 is 21.6 Å². The third kappa shape index (κ3) is 6.04. The van der Waals surface area contributed by atoms with Crippen molar-refractivity contribution in [3.63, 3.8) is 0 Å². The predicted molar refractivity (Wildman–Crippen MR) is 36.5 cm³/mol. The Bertz CT molecular complexity index is 96.6. The second kappa shape index (κ2) is 3.97. The third-order valence-electron chi connectivity index (χ3n) is 0.276. The molecule has 46 valence electrons. The van der Waals surface area contributed by atoms with E-state index in [1.165, 1.54) is 13.8 Å². The molecule has 8 heavy (non-hydrogen) atoms. The summed E-state index contributed by atoms with van der Waals surface area (Å²) in [7, 11) is 1.94. The molecular weight excluding hydrogens is 144 g/mol. The van der Waals surface area contributed by atoms with Gasteiger partial charge in [-0.05, 0) is 21.6 Å². The van der Waals surface area contributed by atoms with Crippen LogP contribution in [0.3, 0.4) is 0 Å². The van der Waals surface area contributed by atoms with Gasteiger partial charge in [0.05, 0.1) is 0 Å². The van der Waals surface area contributed by atoms with Gasteiger partial charge >= 0.3 is 0 Å². The molecule has 4 heteroatoms. The van der Waals surface area contributed by atoms with Gasteiger partial charge in [-0.2, -0.15) is 0 Å². The van der Waals surface area contributed by atoms with Crippen LogP contribution in [0.1, 0.15) is 13.8 Å². The van der Waals surface area contributed by atoms with Crippen LogP contribution in [0.15, 0.2) is 0 Å². The van der Waals surface area contributed by atoms with Crippen molar-refractivity contribution < 1.29 is 9.59 Å². The maximum Gasteiger partial charge on any atom is 0.196 e. The normalized spacial score (nSPS) is 8.75. The molecule has 0 atom stereocenters. The molecule has 0 aromatic heterocycles. The van der Waals surface area contributed by atoms with Gasteiger partial charge in [-0.15, -0.1) is 0 Å². The highest BCUT2D eigenvalue weighted by Gasteiger charge is 1.96. The Morgan fingerprint density at radius 1 is 1.00 bits per heavy atom. The van der Waals surface area contributed by atoms with E-state index in [-0.39, 0.29) is 10.2 Å². The summed E-state index contributed by atoms with van der Waals surface area (Å²) in [6, 6.07) is 0. The van der Waals surface area contributed by atoms with Gasteiger partial charge in [0.25, 0.3) is 0 Å². The average molecular weight is 150 g/mol. The van der Waals surface area contributed by atoms with Gasteiger partial charge in [-0.1, -0.05) is 0 Å². The number of carbonyl (C=O) groups is 2. The van der Waals surface area contributed by atoms with E-state index in [1.807, 2.05) is 0 Å². The summed E-state index contributed by atoms with van der Waals surface area (Å²) >= 11 is 0. The summed E-state index contributed by atoms with van der Waals surface area (Å²) in [5, 5.41) is -0.0737. The number of carbonyl (C=O) groups excluding carboxylic acids is 2. The van der Waals surface area contributed by atoms with Crippen molar-refractivity contribution in [1.29, 1.82) is 0 Å². The molecule has 0 radical (unpaired) electrons. The number of hydrogen-bond donors (Lipinski definition) is 0. The molecule has 0 aliphatic carbocycles. The van der Waals surface area contributed by atoms with Crippen molar-refractivity contribution >= 4 is 31.8 Å². The molecule has 0 aromatic rings.